The average Bonchev–Trinajstić information content (AvgIpc) is 2.72. The lowest BCUT2D eigenvalue weighted by molar-refractivity contribution is 0.277. The quantitative estimate of drug-likeness (QED) is 0.400. The Labute approximate surface area is 187 Å². The number of hydrogen-bond donors (Lipinski definition) is 1. The summed E-state index contributed by atoms with van der Waals surface area (Å²) in [6.07, 6.45) is 0.800. The lowest BCUT2D eigenvalue weighted by Crippen LogP contribution is -2.20. The first kappa shape index (κ1) is 26.0. The minimum atomic E-state index is -1.63. The smallest absolute Gasteiger partial charge is 0.310 e. The maximum absolute atomic E-state index is 14.1. The van der Waals surface area contributed by atoms with Gasteiger partial charge in [-0.25, -0.2) is 17.6 Å². The van der Waals surface area contributed by atoms with E-state index in [1.54, 1.807) is 21.1 Å². The van der Waals surface area contributed by atoms with E-state index in [9.17, 15) is 26.7 Å². The average molecular weight is 469 g/mol. The predicted molar refractivity (Wildman–Crippen MR) is 115 cm³/mol. The maximum Gasteiger partial charge on any atom is 0.310 e. The van der Waals surface area contributed by atoms with E-state index in [0.29, 0.717) is 11.3 Å². The molecule has 2 aromatic carbocycles. The molecule has 1 N–H and O–H groups in total. The molecule has 0 atom stereocenters. The van der Waals surface area contributed by atoms with Gasteiger partial charge in [0.05, 0.1) is 6.54 Å². The first-order valence-electron chi connectivity index (χ1n) is 9.86. The number of aromatic nitrogens is 2. The molecule has 1 heterocycles. The summed E-state index contributed by atoms with van der Waals surface area (Å²) >= 11 is 0. The summed E-state index contributed by atoms with van der Waals surface area (Å²) in [4.78, 5) is 15.3. The van der Waals surface area contributed by atoms with Gasteiger partial charge in [-0.05, 0) is 53.8 Å². The van der Waals surface area contributed by atoms with Gasteiger partial charge in [-0.2, -0.15) is 9.37 Å². The van der Waals surface area contributed by atoms with Gasteiger partial charge in [0, 0.05) is 26.1 Å². The fraction of sp³-hybridized carbons (Fsp3) is 0.304. The Morgan fingerprint density at radius 3 is 2.12 bits per heavy atom. The highest BCUT2D eigenvalue weighted by molar-refractivity contribution is 5.61. The van der Waals surface area contributed by atoms with Crippen molar-refractivity contribution in [1.82, 2.24) is 9.55 Å². The maximum atomic E-state index is 14.1. The normalized spacial score (nSPS) is 10.8. The Morgan fingerprint density at radius 2 is 1.58 bits per heavy atom. The summed E-state index contributed by atoms with van der Waals surface area (Å²) in [7, 11) is 3.25. The first-order valence-corrected chi connectivity index (χ1v) is 9.86. The molecular weight excluding hydrogens is 445 g/mol. The van der Waals surface area contributed by atoms with Crippen LogP contribution in [-0.2, 0) is 11.3 Å². The lowest BCUT2D eigenvalue weighted by Gasteiger charge is -2.18. The zero-order valence-corrected chi connectivity index (χ0v) is 18.8. The van der Waals surface area contributed by atoms with Gasteiger partial charge in [0.25, 0.3) is 0 Å². The van der Waals surface area contributed by atoms with Crippen LogP contribution >= 0.6 is 0 Å². The van der Waals surface area contributed by atoms with Crippen molar-refractivity contribution in [2.24, 2.45) is 0 Å². The molecule has 0 bridgehead atoms. The third-order valence-electron chi connectivity index (χ3n) is 4.63. The van der Waals surface area contributed by atoms with Crippen LogP contribution in [0.2, 0.25) is 0 Å². The van der Waals surface area contributed by atoms with Crippen molar-refractivity contribution in [3.05, 3.63) is 86.6 Å². The van der Waals surface area contributed by atoms with Crippen molar-refractivity contribution in [3.8, 4) is 0 Å². The van der Waals surface area contributed by atoms with Crippen LogP contribution in [0.4, 0.5) is 33.6 Å². The van der Waals surface area contributed by atoms with Gasteiger partial charge < -0.3 is 14.6 Å². The molecule has 10 heteroatoms. The van der Waals surface area contributed by atoms with Crippen molar-refractivity contribution in [3.63, 3.8) is 0 Å². The van der Waals surface area contributed by atoms with E-state index in [1.165, 1.54) is 12.1 Å². The Kier molecular flexibility index (Phi) is 8.69. The van der Waals surface area contributed by atoms with Gasteiger partial charge in [-0.1, -0.05) is 13.8 Å². The van der Waals surface area contributed by atoms with Crippen LogP contribution in [-0.4, -0.2) is 23.8 Å². The van der Waals surface area contributed by atoms with Crippen molar-refractivity contribution in [2.45, 2.75) is 33.2 Å². The molecule has 0 radical (unpaired) electrons. The van der Waals surface area contributed by atoms with Crippen LogP contribution in [0.25, 0.3) is 0 Å². The molecule has 1 aromatic heterocycles. The molecule has 0 unspecified atom stereocenters. The zero-order chi connectivity index (χ0) is 24.9. The highest BCUT2D eigenvalue weighted by Crippen LogP contribution is 2.29. The molecule has 0 aliphatic heterocycles. The van der Waals surface area contributed by atoms with E-state index in [0.717, 1.165) is 28.5 Å². The van der Waals surface area contributed by atoms with Crippen molar-refractivity contribution in [1.29, 1.82) is 0 Å². The minimum absolute atomic E-state index is 0.00906. The fourth-order valence-corrected chi connectivity index (χ4v) is 3.13. The van der Waals surface area contributed by atoms with Crippen LogP contribution in [0, 0.1) is 36.0 Å². The Balaban J connectivity index is 0.00000122. The van der Waals surface area contributed by atoms with E-state index in [2.05, 4.69) is 15.0 Å². The summed E-state index contributed by atoms with van der Waals surface area (Å²) in [5.41, 5.74) is 0.510. The van der Waals surface area contributed by atoms with Gasteiger partial charge in [0.2, 0.25) is 11.8 Å². The minimum Gasteiger partial charge on any atom is -0.388 e. The summed E-state index contributed by atoms with van der Waals surface area (Å²) < 4.78 is 73.5. The number of benzene rings is 2. The summed E-state index contributed by atoms with van der Waals surface area (Å²) in [6.45, 7) is 5.18. The number of hydrogen-bond acceptors (Lipinski definition) is 4. The monoisotopic (exact) mass is 469 g/mol. The number of nitrogens with one attached hydrogen (secondary N) is 1. The van der Waals surface area contributed by atoms with Crippen LogP contribution < -0.4 is 10.9 Å². The molecule has 3 aromatic rings. The molecule has 0 spiro atoms. The van der Waals surface area contributed by atoms with E-state index in [1.807, 2.05) is 13.8 Å². The van der Waals surface area contributed by atoms with E-state index in [4.69, 9.17) is 0 Å². The van der Waals surface area contributed by atoms with Crippen molar-refractivity contribution in [2.75, 3.05) is 19.5 Å². The molecule has 5 nitrogen and oxygen atoms in total. The third kappa shape index (κ3) is 6.38. The number of anilines is 2. The van der Waals surface area contributed by atoms with Crippen LogP contribution in [0.5, 0.6) is 0 Å². The molecule has 0 amide bonds. The number of nitrogens with zero attached hydrogens (tertiary/aromatic N) is 2. The Bertz CT molecular complexity index is 1170. The molecule has 0 saturated heterocycles. The van der Waals surface area contributed by atoms with Crippen LogP contribution in [0.3, 0.4) is 0 Å². The van der Waals surface area contributed by atoms with Gasteiger partial charge in [0.1, 0.15) is 5.82 Å². The summed E-state index contributed by atoms with van der Waals surface area (Å²) in [5.74, 6) is -6.32. The number of rotatable bonds is 5. The highest BCUT2D eigenvalue weighted by atomic mass is 19.2. The second-order valence-corrected chi connectivity index (χ2v) is 7.57. The van der Waals surface area contributed by atoms with Crippen LogP contribution in [0.15, 0.2) is 35.3 Å². The highest BCUT2D eigenvalue weighted by Gasteiger charge is 2.16. The molecule has 178 valence electrons. The SMILES string of the molecule is COC.Cc1c(Nc2nc(=O)c(F)cn2Cc2cc(F)c(F)c(F)c2)cc(F)cc1C(C)C. The number of halogens is 5. The second kappa shape index (κ2) is 11.0. The summed E-state index contributed by atoms with van der Waals surface area (Å²) in [5, 5.41) is 2.79. The molecule has 33 heavy (non-hydrogen) atoms. The molecular formula is C23H24F5N3O2. The predicted octanol–water partition coefficient (Wildman–Crippen LogP) is 5.43. The lowest BCUT2D eigenvalue weighted by atomic mass is 9.96. The number of methoxy groups -OCH3 is 1. The standard InChI is InChI=1S/C21H18F5N3O.C2H6O/c1-10(2)14-6-13(22)7-18(11(14)3)27-21-28-20(30)17(25)9-29(21)8-12-4-15(23)19(26)16(24)5-12;1-3-2/h4-7,9-10H,8H2,1-3H3,(H,27,28,30);1-2H3. The van der Waals surface area contributed by atoms with Crippen molar-refractivity contribution >= 4 is 11.6 Å². The fourth-order valence-electron chi connectivity index (χ4n) is 3.13. The summed E-state index contributed by atoms with van der Waals surface area (Å²) in [6, 6.07) is 4.09. The largest absolute Gasteiger partial charge is 0.388 e. The second-order valence-electron chi connectivity index (χ2n) is 7.57. The molecule has 0 aliphatic carbocycles. The number of ether oxygens (including phenoxy) is 1. The Morgan fingerprint density at radius 1 is 1.00 bits per heavy atom. The first-order chi connectivity index (χ1) is 15.5. The van der Waals surface area contributed by atoms with Crippen LogP contribution in [0.1, 0.15) is 36.5 Å². The molecule has 0 fully saturated rings. The van der Waals surface area contributed by atoms with Gasteiger partial charge in [0.15, 0.2) is 17.5 Å². The molecule has 0 aliphatic rings. The van der Waals surface area contributed by atoms with Gasteiger partial charge in [-0.15, -0.1) is 0 Å². The van der Waals surface area contributed by atoms with E-state index >= 15 is 0 Å². The van der Waals surface area contributed by atoms with Gasteiger partial charge >= 0.3 is 5.56 Å². The Hall–Kier alpha value is -3.27. The van der Waals surface area contributed by atoms with Gasteiger partial charge in [-0.3, -0.25) is 4.79 Å². The van der Waals surface area contributed by atoms with E-state index < -0.39 is 34.6 Å². The molecule has 0 saturated carbocycles. The topological polar surface area (TPSA) is 56.1 Å². The van der Waals surface area contributed by atoms with E-state index in [-0.39, 0.29) is 24.0 Å². The zero-order valence-electron chi connectivity index (χ0n) is 18.8. The molecule has 3 rings (SSSR count). The third-order valence-corrected chi connectivity index (χ3v) is 4.63. The van der Waals surface area contributed by atoms with Crippen molar-refractivity contribution < 1.29 is 26.7 Å².